The number of carbonyl (C=O) groups is 2. The zero-order valence-electron chi connectivity index (χ0n) is 7.64. The van der Waals surface area contributed by atoms with Gasteiger partial charge in [0.15, 0.2) is 0 Å². The van der Waals surface area contributed by atoms with Crippen molar-refractivity contribution in [3.05, 3.63) is 0 Å². The van der Waals surface area contributed by atoms with Gasteiger partial charge in [0.2, 0.25) is 0 Å². The van der Waals surface area contributed by atoms with Crippen LogP contribution in [-0.4, -0.2) is 49.5 Å². The molecular weight excluding hydrogens is 192 g/mol. The minimum absolute atomic E-state index is 0.255. The van der Waals surface area contributed by atoms with Crippen LogP contribution in [0.3, 0.4) is 0 Å². The summed E-state index contributed by atoms with van der Waals surface area (Å²) in [6.45, 7) is -1.02. The zero-order valence-corrected chi connectivity index (χ0v) is 7.64. The van der Waals surface area contributed by atoms with Crippen molar-refractivity contribution in [2.24, 2.45) is 11.5 Å². The van der Waals surface area contributed by atoms with Crippen LogP contribution in [0.25, 0.3) is 0 Å². The van der Waals surface area contributed by atoms with E-state index in [9.17, 15) is 9.59 Å². The van der Waals surface area contributed by atoms with Gasteiger partial charge in [0.25, 0.3) is 0 Å². The van der Waals surface area contributed by atoms with Crippen LogP contribution in [0.15, 0.2) is 0 Å². The zero-order chi connectivity index (χ0) is 11.0. The molecule has 7 heteroatoms. The van der Waals surface area contributed by atoms with E-state index >= 15 is 0 Å². The van der Waals surface area contributed by atoms with Crippen LogP contribution >= 0.6 is 0 Å². The largest absolute Gasteiger partial charge is 0.462 e. The van der Waals surface area contributed by atoms with Crippen molar-refractivity contribution in [1.82, 2.24) is 0 Å². The van der Waals surface area contributed by atoms with Gasteiger partial charge in [-0.25, -0.2) is 0 Å². The third-order valence-corrected chi connectivity index (χ3v) is 1.21. The van der Waals surface area contributed by atoms with E-state index in [1.807, 2.05) is 0 Å². The van der Waals surface area contributed by atoms with Crippen molar-refractivity contribution in [3.63, 3.8) is 0 Å². The van der Waals surface area contributed by atoms with Gasteiger partial charge in [-0.2, -0.15) is 0 Å². The second kappa shape index (κ2) is 7.25. The third-order valence-electron chi connectivity index (χ3n) is 1.21. The highest BCUT2D eigenvalue weighted by molar-refractivity contribution is 5.71. The molecule has 7 nitrogen and oxygen atoms in total. The van der Waals surface area contributed by atoms with Gasteiger partial charge in [0, 0.05) is 0 Å². The van der Waals surface area contributed by atoms with Gasteiger partial charge in [-0.05, 0) is 0 Å². The maximum absolute atomic E-state index is 10.5. The van der Waals surface area contributed by atoms with Crippen LogP contribution in [0.1, 0.15) is 0 Å². The van der Waals surface area contributed by atoms with E-state index in [1.54, 1.807) is 0 Å². The first kappa shape index (κ1) is 12.8. The highest BCUT2D eigenvalue weighted by Crippen LogP contribution is 1.88. The molecule has 0 aliphatic rings. The first-order chi connectivity index (χ1) is 6.60. The number of rotatable bonds is 6. The fourth-order valence-corrected chi connectivity index (χ4v) is 0.544. The molecule has 0 aromatic heterocycles. The Morgan fingerprint density at radius 3 is 1.71 bits per heavy atom. The molecular formula is C7H14N2O5. The van der Waals surface area contributed by atoms with Crippen LogP contribution in [0.4, 0.5) is 0 Å². The normalized spacial score (nSPS) is 10.0. The van der Waals surface area contributed by atoms with Crippen molar-refractivity contribution < 1.29 is 24.2 Å². The smallest absolute Gasteiger partial charge is 0.319 e. The second-order valence-electron chi connectivity index (χ2n) is 2.43. The van der Waals surface area contributed by atoms with E-state index in [0.717, 1.165) is 0 Å². The molecule has 0 heterocycles. The molecule has 0 saturated carbocycles. The van der Waals surface area contributed by atoms with Crippen molar-refractivity contribution >= 4 is 11.9 Å². The van der Waals surface area contributed by atoms with Crippen molar-refractivity contribution in [2.75, 3.05) is 26.3 Å². The summed E-state index contributed by atoms with van der Waals surface area (Å²) in [5.41, 5.74) is 9.89. The van der Waals surface area contributed by atoms with Crippen molar-refractivity contribution in [3.8, 4) is 0 Å². The number of nitrogens with two attached hydrogens (primary N) is 2. The van der Waals surface area contributed by atoms with Crippen LogP contribution in [0.5, 0.6) is 0 Å². The van der Waals surface area contributed by atoms with Crippen LogP contribution in [0, 0.1) is 0 Å². The summed E-state index contributed by atoms with van der Waals surface area (Å²) in [7, 11) is 0. The maximum Gasteiger partial charge on any atom is 0.319 e. The number of aliphatic hydroxyl groups is 1. The van der Waals surface area contributed by atoms with E-state index in [1.165, 1.54) is 0 Å². The molecule has 0 spiro atoms. The molecule has 0 unspecified atom stereocenters. The highest BCUT2D eigenvalue weighted by Gasteiger charge is 2.09. The van der Waals surface area contributed by atoms with Crippen molar-refractivity contribution in [1.29, 1.82) is 0 Å². The Hall–Kier alpha value is -1.18. The van der Waals surface area contributed by atoms with Gasteiger partial charge < -0.3 is 26.0 Å². The topological polar surface area (TPSA) is 125 Å². The lowest BCUT2D eigenvalue weighted by Gasteiger charge is -2.10. The lowest BCUT2D eigenvalue weighted by molar-refractivity contribution is -0.150. The fourth-order valence-electron chi connectivity index (χ4n) is 0.544. The van der Waals surface area contributed by atoms with Gasteiger partial charge in [-0.1, -0.05) is 0 Å². The Kier molecular flexibility index (Phi) is 6.63. The van der Waals surface area contributed by atoms with E-state index in [4.69, 9.17) is 16.6 Å². The molecule has 82 valence electrons. The number of esters is 2. The summed E-state index contributed by atoms with van der Waals surface area (Å²) in [6.07, 6.45) is -1.05. The van der Waals surface area contributed by atoms with Crippen LogP contribution in [-0.2, 0) is 19.1 Å². The summed E-state index contributed by atoms with van der Waals surface area (Å²) < 4.78 is 8.96. The standard InChI is InChI=1S/C7H14N2O5/c8-1-6(11)13-3-5(10)4-14-7(12)2-9/h5,10H,1-4,8-9H2. The first-order valence-electron chi connectivity index (χ1n) is 3.99. The predicted octanol–water partition coefficient (Wildman–Crippen LogP) is -2.65. The monoisotopic (exact) mass is 206 g/mol. The van der Waals surface area contributed by atoms with Gasteiger partial charge in [-0.15, -0.1) is 0 Å². The van der Waals surface area contributed by atoms with E-state index in [-0.39, 0.29) is 26.3 Å². The Morgan fingerprint density at radius 1 is 1.07 bits per heavy atom. The molecule has 0 aromatic rings. The van der Waals surface area contributed by atoms with Crippen LogP contribution < -0.4 is 11.5 Å². The summed E-state index contributed by atoms with van der Waals surface area (Å²) in [5, 5.41) is 9.10. The summed E-state index contributed by atoms with van der Waals surface area (Å²) in [5.74, 6) is -1.26. The molecule has 0 aliphatic heterocycles. The van der Waals surface area contributed by atoms with E-state index in [0.29, 0.717) is 0 Å². The minimum Gasteiger partial charge on any atom is -0.462 e. The van der Waals surface area contributed by atoms with Gasteiger partial charge in [-0.3, -0.25) is 9.59 Å². The molecule has 0 atom stereocenters. The quantitative estimate of drug-likeness (QED) is 0.405. The molecule has 0 saturated heterocycles. The fraction of sp³-hybridized carbons (Fsp3) is 0.714. The van der Waals surface area contributed by atoms with Gasteiger partial charge >= 0.3 is 11.9 Å². The van der Waals surface area contributed by atoms with E-state index < -0.39 is 18.0 Å². The number of hydrogen-bond acceptors (Lipinski definition) is 7. The van der Waals surface area contributed by atoms with Crippen molar-refractivity contribution in [2.45, 2.75) is 6.10 Å². The Morgan fingerprint density at radius 2 is 1.43 bits per heavy atom. The minimum atomic E-state index is -1.05. The molecule has 14 heavy (non-hydrogen) atoms. The summed E-state index contributed by atoms with van der Waals surface area (Å²) in [6, 6.07) is 0. The average molecular weight is 206 g/mol. The Balaban J connectivity index is 3.50. The molecule has 5 N–H and O–H groups in total. The van der Waals surface area contributed by atoms with Crippen LogP contribution in [0.2, 0.25) is 0 Å². The molecule has 0 amide bonds. The first-order valence-corrected chi connectivity index (χ1v) is 3.99. The lowest BCUT2D eigenvalue weighted by Crippen LogP contribution is -2.29. The Labute approximate surface area is 81.0 Å². The number of aliphatic hydroxyl groups excluding tert-OH is 1. The van der Waals surface area contributed by atoms with Gasteiger partial charge in [0.1, 0.15) is 19.3 Å². The lowest BCUT2D eigenvalue weighted by atomic mass is 10.4. The maximum atomic E-state index is 10.5. The average Bonchev–Trinajstić information content (AvgIpc) is 2.22. The van der Waals surface area contributed by atoms with Gasteiger partial charge in [0.05, 0.1) is 13.1 Å². The third kappa shape index (κ3) is 6.35. The molecule has 0 fully saturated rings. The summed E-state index contributed by atoms with van der Waals surface area (Å²) >= 11 is 0. The molecule has 0 aliphatic carbocycles. The highest BCUT2D eigenvalue weighted by atomic mass is 16.6. The molecule has 0 bridgehead atoms. The van der Waals surface area contributed by atoms with E-state index in [2.05, 4.69) is 9.47 Å². The Bertz CT molecular complexity index is 177. The molecule has 0 rings (SSSR count). The predicted molar refractivity (Wildman–Crippen MR) is 46.0 cm³/mol. The number of ether oxygens (including phenoxy) is 2. The second-order valence-corrected chi connectivity index (χ2v) is 2.43. The molecule has 0 aromatic carbocycles. The SMILES string of the molecule is NCC(=O)OCC(O)COC(=O)CN. The summed E-state index contributed by atoms with van der Waals surface area (Å²) in [4.78, 5) is 21.0. The number of carbonyl (C=O) groups excluding carboxylic acids is 2. The number of hydrogen-bond donors (Lipinski definition) is 3. The molecule has 0 radical (unpaired) electrons.